The summed E-state index contributed by atoms with van der Waals surface area (Å²) in [5.41, 5.74) is 0. The number of hydrogen-bond donors (Lipinski definition) is 2. The van der Waals surface area contributed by atoms with Crippen molar-refractivity contribution in [2.45, 2.75) is 6.92 Å². The summed E-state index contributed by atoms with van der Waals surface area (Å²) in [6.45, 7) is 1.08. The van der Waals surface area contributed by atoms with E-state index in [9.17, 15) is 0 Å². The molecule has 0 fully saturated rings. The van der Waals surface area contributed by atoms with E-state index in [1.54, 1.807) is 12.1 Å². The van der Waals surface area contributed by atoms with Crippen LogP contribution in [0.4, 0.5) is 0 Å². The maximum absolute atomic E-state index is 9.11. The van der Waals surface area contributed by atoms with Gasteiger partial charge in [0, 0.05) is 6.92 Å². The number of phenolic OH excluding ortho intramolecular Hbond substituents is 1. The second kappa shape index (κ2) is 6.43. The van der Waals surface area contributed by atoms with Crippen molar-refractivity contribution in [3.63, 3.8) is 0 Å². The predicted octanol–water partition coefficient (Wildman–Crippen LogP) is 1.58. The third-order valence-corrected chi connectivity index (χ3v) is 4.12. The van der Waals surface area contributed by atoms with Gasteiger partial charge in [-0.2, -0.15) is 0 Å². The standard InChI is InChI=1S/C6H3Cl2O.C2H4O2.In/c7-5-2-1-4(9)3-6(5)8;1-2(3)4;/h1-2,9H;1H3,(H,3,4);. The summed E-state index contributed by atoms with van der Waals surface area (Å²) in [6, 6.07) is 3.13. The number of carbonyl (C=O) groups is 1. The zero-order valence-corrected chi connectivity index (χ0v) is 12.1. The third kappa shape index (κ3) is 4.98. The Kier molecular flexibility index (Phi) is 6.40. The summed E-state index contributed by atoms with van der Waals surface area (Å²) >= 11 is 12.2. The molecule has 0 atom stereocenters. The summed E-state index contributed by atoms with van der Waals surface area (Å²) in [5, 5.41) is 17.5. The van der Waals surface area contributed by atoms with Crippen molar-refractivity contribution in [1.29, 1.82) is 0 Å². The molecule has 0 spiro atoms. The summed E-state index contributed by atoms with van der Waals surface area (Å²) in [6.07, 6.45) is 0. The van der Waals surface area contributed by atoms with Crippen molar-refractivity contribution in [2.24, 2.45) is 0 Å². The Morgan fingerprint density at radius 1 is 1.43 bits per heavy atom. The first kappa shape index (κ1) is 13.9. The fraction of sp³-hybridized carbons (Fsp3) is 0.125. The molecular formula is C8H7Cl2InO3. The molecule has 74 valence electrons. The Morgan fingerprint density at radius 2 is 1.86 bits per heavy atom. The molecule has 0 unspecified atom stereocenters. The average Bonchev–Trinajstić information content (AvgIpc) is 2.07. The second-order valence-electron chi connectivity index (χ2n) is 2.31. The number of aromatic hydroxyl groups is 1. The number of benzene rings is 1. The molecule has 14 heavy (non-hydrogen) atoms. The van der Waals surface area contributed by atoms with Gasteiger partial charge in [0.1, 0.15) is 0 Å². The molecule has 0 aliphatic rings. The van der Waals surface area contributed by atoms with E-state index in [4.69, 9.17) is 38.2 Å². The number of rotatable bonds is 0. The Hall–Kier alpha value is -0.0599. The van der Waals surface area contributed by atoms with Crippen LogP contribution in [0.5, 0.6) is 5.75 Å². The zero-order valence-electron chi connectivity index (χ0n) is 7.29. The first-order valence-corrected chi connectivity index (χ1v) is 5.88. The van der Waals surface area contributed by atoms with Gasteiger partial charge in [-0.1, -0.05) is 0 Å². The Balaban J connectivity index is 0.000000364. The van der Waals surface area contributed by atoms with Gasteiger partial charge < -0.3 is 5.11 Å². The van der Waals surface area contributed by atoms with Crippen LogP contribution in [-0.4, -0.2) is 40.6 Å². The summed E-state index contributed by atoms with van der Waals surface area (Å²) in [7, 11) is 0. The quantitative estimate of drug-likeness (QED) is 0.756. The molecule has 0 saturated heterocycles. The molecule has 0 heterocycles. The normalized spacial score (nSPS) is 8.79. The van der Waals surface area contributed by atoms with Gasteiger partial charge in [0.2, 0.25) is 0 Å². The van der Waals surface area contributed by atoms with Crippen molar-refractivity contribution < 1.29 is 15.0 Å². The summed E-state index contributed by atoms with van der Waals surface area (Å²) in [5.74, 6) is -0.600. The van der Waals surface area contributed by atoms with Crippen LogP contribution in [0.25, 0.3) is 0 Å². The molecule has 1 rings (SSSR count). The second-order valence-corrected chi connectivity index (χ2v) is 4.75. The molecule has 3 nitrogen and oxygen atoms in total. The first-order valence-electron chi connectivity index (χ1n) is 3.48. The Labute approximate surface area is 106 Å². The molecule has 2 radical (unpaired) electrons. The van der Waals surface area contributed by atoms with E-state index < -0.39 is 5.97 Å². The molecule has 1 aromatic carbocycles. The SMILES string of the molecule is CC(=O)O.Oc1ccc(Cl)c(Cl)[c]1[In]. The van der Waals surface area contributed by atoms with E-state index in [1.165, 1.54) is 0 Å². The number of aliphatic carboxylic acids is 1. The van der Waals surface area contributed by atoms with Crippen molar-refractivity contribution >= 4 is 56.9 Å². The molecule has 1 aromatic rings. The summed E-state index contributed by atoms with van der Waals surface area (Å²) in [4.78, 5) is 9.00. The van der Waals surface area contributed by atoms with E-state index in [0.29, 0.717) is 10.0 Å². The molecule has 0 amide bonds. The fourth-order valence-corrected chi connectivity index (χ4v) is 1.86. The van der Waals surface area contributed by atoms with Gasteiger partial charge in [-0.25, -0.2) is 0 Å². The van der Waals surface area contributed by atoms with Gasteiger partial charge in [-0.15, -0.1) is 0 Å². The number of hydrogen-bond acceptors (Lipinski definition) is 2. The molecule has 6 heteroatoms. The number of halogens is 2. The Morgan fingerprint density at radius 3 is 2.21 bits per heavy atom. The Bertz CT molecular complexity index is 311. The number of carboxylic acids is 1. The number of phenols is 1. The van der Waals surface area contributed by atoms with Crippen molar-refractivity contribution in [2.75, 3.05) is 0 Å². The van der Waals surface area contributed by atoms with Crippen LogP contribution in [0.3, 0.4) is 0 Å². The van der Waals surface area contributed by atoms with Crippen LogP contribution >= 0.6 is 23.2 Å². The average molecular weight is 337 g/mol. The minimum absolute atomic E-state index is 0.233. The maximum atomic E-state index is 9.11. The van der Waals surface area contributed by atoms with Gasteiger partial charge in [-0.05, 0) is 0 Å². The third-order valence-electron chi connectivity index (χ3n) is 1.11. The molecule has 2 N–H and O–H groups in total. The van der Waals surface area contributed by atoms with Gasteiger partial charge in [0.15, 0.2) is 0 Å². The number of carboxylic acid groups (broad SMARTS) is 1. The molecule has 0 aliphatic heterocycles. The van der Waals surface area contributed by atoms with Crippen LogP contribution in [0, 0.1) is 0 Å². The van der Waals surface area contributed by atoms with E-state index in [-0.39, 0.29) is 5.75 Å². The van der Waals surface area contributed by atoms with Crippen molar-refractivity contribution in [1.82, 2.24) is 0 Å². The molecule has 0 aromatic heterocycles. The fourth-order valence-electron chi connectivity index (χ4n) is 0.556. The van der Waals surface area contributed by atoms with E-state index in [0.717, 1.165) is 34.6 Å². The molecule has 0 aliphatic carbocycles. The topological polar surface area (TPSA) is 57.5 Å². The predicted molar refractivity (Wildman–Crippen MR) is 56.8 cm³/mol. The van der Waals surface area contributed by atoms with Crippen molar-refractivity contribution in [3.8, 4) is 5.75 Å². The van der Waals surface area contributed by atoms with E-state index in [2.05, 4.69) is 0 Å². The van der Waals surface area contributed by atoms with Gasteiger partial charge in [0.25, 0.3) is 5.97 Å². The molecular weight excluding hydrogens is 330 g/mol. The van der Waals surface area contributed by atoms with E-state index in [1.807, 2.05) is 0 Å². The van der Waals surface area contributed by atoms with Crippen LogP contribution < -0.4 is 3.32 Å². The first-order chi connectivity index (χ1) is 6.36. The van der Waals surface area contributed by atoms with Crippen LogP contribution in [-0.2, 0) is 4.79 Å². The minimum atomic E-state index is -0.833. The summed E-state index contributed by atoms with van der Waals surface area (Å²) < 4.78 is 0.750. The van der Waals surface area contributed by atoms with Crippen molar-refractivity contribution in [3.05, 3.63) is 22.2 Å². The van der Waals surface area contributed by atoms with Crippen LogP contribution in [0.2, 0.25) is 10.0 Å². The van der Waals surface area contributed by atoms with Gasteiger partial charge in [0.05, 0.1) is 0 Å². The monoisotopic (exact) mass is 336 g/mol. The zero-order chi connectivity index (χ0) is 11.3. The van der Waals surface area contributed by atoms with E-state index >= 15 is 0 Å². The van der Waals surface area contributed by atoms with Crippen LogP contribution in [0.1, 0.15) is 6.92 Å². The molecule has 0 saturated carbocycles. The van der Waals surface area contributed by atoms with Crippen LogP contribution in [0.15, 0.2) is 12.1 Å². The molecule has 0 bridgehead atoms. The van der Waals surface area contributed by atoms with Gasteiger partial charge >= 0.3 is 83.9 Å². The van der Waals surface area contributed by atoms with Gasteiger partial charge in [-0.3, -0.25) is 4.79 Å².